The fraction of sp³-hybridized carbons (Fsp3) is 0.538. The third-order valence-electron chi connectivity index (χ3n) is 3.44. The lowest BCUT2D eigenvalue weighted by atomic mass is 10.3. The third kappa shape index (κ3) is 2.55. The second-order valence-electron chi connectivity index (χ2n) is 4.88. The summed E-state index contributed by atoms with van der Waals surface area (Å²) < 4.78 is 0. The minimum atomic E-state index is 0.499. The first-order chi connectivity index (χ1) is 8.83. The lowest BCUT2D eigenvalue weighted by Crippen LogP contribution is -2.51. The van der Waals surface area contributed by atoms with Gasteiger partial charge in [0, 0.05) is 32.4 Å². The standard InChI is InChI=1S/C13H19N5/c14-13(16-11-4-5-11)18-9-7-17(8-10-18)12-3-1-2-6-15-12/h1-3,6,11H,4-5,7-10H2,(H2,14,16). The Morgan fingerprint density at radius 1 is 1.22 bits per heavy atom. The smallest absolute Gasteiger partial charge is 0.191 e. The van der Waals surface area contributed by atoms with Gasteiger partial charge in [-0.05, 0) is 25.0 Å². The van der Waals surface area contributed by atoms with Gasteiger partial charge in [-0.2, -0.15) is 0 Å². The highest BCUT2D eigenvalue weighted by atomic mass is 15.3. The molecule has 0 atom stereocenters. The van der Waals surface area contributed by atoms with Crippen molar-refractivity contribution in [2.45, 2.75) is 18.9 Å². The molecule has 2 fully saturated rings. The van der Waals surface area contributed by atoms with Crippen LogP contribution in [0.15, 0.2) is 29.4 Å². The van der Waals surface area contributed by atoms with Gasteiger partial charge in [0.2, 0.25) is 0 Å². The Labute approximate surface area is 107 Å². The zero-order valence-corrected chi connectivity index (χ0v) is 10.5. The molecule has 5 nitrogen and oxygen atoms in total. The monoisotopic (exact) mass is 245 g/mol. The Morgan fingerprint density at radius 2 is 2.00 bits per heavy atom. The summed E-state index contributed by atoms with van der Waals surface area (Å²) in [5.41, 5.74) is 6.02. The zero-order chi connectivity index (χ0) is 12.4. The molecule has 0 unspecified atom stereocenters. The molecule has 96 valence electrons. The van der Waals surface area contributed by atoms with Crippen molar-refractivity contribution in [3.8, 4) is 0 Å². The molecule has 18 heavy (non-hydrogen) atoms. The largest absolute Gasteiger partial charge is 0.370 e. The van der Waals surface area contributed by atoms with E-state index in [0.717, 1.165) is 38.0 Å². The highest BCUT2D eigenvalue weighted by Crippen LogP contribution is 2.23. The van der Waals surface area contributed by atoms with Gasteiger partial charge in [0.1, 0.15) is 5.82 Å². The molecule has 0 amide bonds. The number of guanidine groups is 1. The molecule has 1 aliphatic carbocycles. The molecule has 3 rings (SSSR count). The molecule has 1 saturated heterocycles. The molecule has 0 bridgehead atoms. The van der Waals surface area contributed by atoms with E-state index < -0.39 is 0 Å². The van der Waals surface area contributed by atoms with Gasteiger partial charge in [-0.3, -0.25) is 0 Å². The van der Waals surface area contributed by atoms with Crippen molar-refractivity contribution in [1.29, 1.82) is 0 Å². The van der Waals surface area contributed by atoms with E-state index in [2.05, 4.69) is 25.8 Å². The van der Waals surface area contributed by atoms with E-state index >= 15 is 0 Å². The number of anilines is 1. The maximum absolute atomic E-state index is 6.02. The fourth-order valence-corrected chi connectivity index (χ4v) is 2.18. The second kappa shape index (κ2) is 4.84. The van der Waals surface area contributed by atoms with Crippen LogP contribution in [0.5, 0.6) is 0 Å². The molecule has 0 radical (unpaired) electrons. The highest BCUT2D eigenvalue weighted by Gasteiger charge is 2.24. The SMILES string of the molecule is NC(=NC1CC1)N1CCN(c2ccccn2)CC1. The van der Waals surface area contributed by atoms with Crippen LogP contribution in [-0.2, 0) is 0 Å². The highest BCUT2D eigenvalue weighted by molar-refractivity contribution is 5.78. The Kier molecular flexibility index (Phi) is 3.04. The Morgan fingerprint density at radius 3 is 2.61 bits per heavy atom. The van der Waals surface area contributed by atoms with Crippen LogP contribution in [0.25, 0.3) is 0 Å². The summed E-state index contributed by atoms with van der Waals surface area (Å²) in [5, 5.41) is 0. The summed E-state index contributed by atoms with van der Waals surface area (Å²) in [6, 6.07) is 6.52. The van der Waals surface area contributed by atoms with E-state index in [1.807, 2.05) is 18.3 Å². The first-order valence-corrected chi connectivity index (χ1v) is 6.57. The van der Waals surface area contributed by atoms with Gasteiger partial charge in [0.15, 0.2) is 5.96 Å². The van der Waals surface area contributed by atoms with Crippen LogP contribution in [0, 0.1) is 0 Å². The van der Waals surface area contributed by atoms with Crippen LogP contribution in [0.4, 0.5) is 5.82 Å². The number of pyridine rings is 1. The van der Waals surface area contributed by atoms with Gasteiger partial charge in [0.25, 0.3) is 0 Å². The summed E-state index contributed by atoms with van der Waals surface area (Å²) in [6.07, 6.45) is 4.24. The number of hydrogen-bond acceptors (Lipinski definition) is 3. The number of aromatic nitrogens is 1. The molecule has 1 aromatic rings. The molecule has 2 heterocycles. The number of nitrogens with two attached hydrogens (primary N) is 1. The predicted molar refractivity (Wildman–Crippen MR) is 72.7 cm³/mol. The van der Waals surface area contributed by atoms with Crippen LogP contribution in [-0.4, -0.2) is 48.1 Å². The topological polar surface area (TPSA) is 57.8 Å². The van der Waals surface area contributed by atoms with Crippen molar-refractivity contribution in [3.05, 3.63) is 24.4 Å². The van der Waals surface area contributed by atoms with Gasteiger partial charge in [-0.1, -0.05) is 6.07 Å². The van der Waals surface area contributed by atoms with Crippen LogP contribution < -0.4 is 10.6 Å². The maximum Gasteiger partial charge on any atom is 0.191 e. The quantitative estimate of drug-likeness (QED) is 0.615. The first kappa shape index (κ1) is 11.3. The first-order valence-electron chi connectivity index (χ1n) is 6.57. The van der Waals surface area contributed by atoms with Crippen LogP contribution in [0.1, 0.15) is 12.8 Å². The fourth-order valence-electron chi connectivity index (χ4n) is 2.18. The molecule has 1 saturated carbocycles. The van der Waals surface area contributed by atoms with Gasteiger partial charge < -0.3 is 15.5 Å². The van der Waals surface area contributed by atoms with Crippen LogP contribution in [0.2, 0.25) is 0 Å². The van der Waals surface area contributed by atoms with Crippen molar-refractivity contribution >= 4 is 11.8 Å². The van der Waals surface area contributed by atoms with Gasteiger partial charge in [0.05, 0.1) is 6.04 Å². The van der Waals surface area contributed by atoms with Gasteiger partial charge in [-0.15, -0.1) is 0 Å². The molecule has 5 heteroatoms. The maximum atomic E-state index is 6.02. The number of aliphatic imine (C=N–C) groups is 1. The van der Waals surface area contributed by atoms with Gasteiger partial charge in [-0.25, -0.2) is 9.98 Å². The minimum absolute atomic E-state index is 0.499. The van der Waals surface area contributed by atoms with E-state index in [1.54, 1.807) is 0 Å². The van der Waals surface area contributed by atoms with E-state index in [-0.39, 0.29) is 0 Å². The van der Waals surface area contributed by atoms with E-state index in [4.69, 9.17) is 5.73 Å². The molecule has 1 aliphatic heterocycles. The van der Waals surface area contributed by atoms with Crippen LogP contribution >= 0.6 is 0 Å². The summed E-state index contributed by atoms with van der Waals surface area (Å²) in [4.78, 5) is 13.3. The lowest BCUT2D eigenvalue weighted by Gasteiger charge is -2.35. The predicted octanol–water partition coefficient (Wildman–Crippen LogP) is 0.681. The van der Waals surface area contributed by atoms with Crippen molar-refractivity contribution < 1.29 is 0 Å². The van der Waals surface area contributed by atoms with Crippen molar-refractivity contribution in [2.75, 3.05) is 31.1 Å². The number of rotatable bonds is 2. The summed E-state index contributed by atoms with van der Waals surface area (Å²) in [5.74, 6) is 1.77. The molecule has 0 spiro atoms. The van der Waals surface area contributed by atoms with E-state index in [0.29, 0.717) is 6.04 Å². The van der Waals surface area contributed by atoms with Crippen molar-refractivity contribution in [2.24, 2.45) is 10.7 Å². The average Bonchev–Trinajstić information content (AvgIpc) is 3.24. The molecule has 2 N–H and O–H groups in total. The summed E-state index contributed by atoms with van der Waals surface area (Å²) >= 11 is 0. The average molecular weight is 245 g/mol. The lowest BCUT2D eigenvalue weighted by molar-refractivity contribution is 0.379. The Bertz CT molecular complexity index is 418. The molecule has 1 aromatic heterocycles. The number of hydrogen-bond donors (Lipinski definition) is 1. The summed E-state index contributed by atoms with van der Waals surface area (Å²) in [6.45, 7) is 3.77. The second-order valence-corrected chi connectivity index (χ2v) is 4.88. The summed E-state index contributed by atoms with van der Waals surface area (Å²) in [7, 11) is 0. The Hall–Kier alpha value is -1.78. The molecular weight excluding hydrogens is 226 g/mol. The van der Waals surface area contributed by atoms with Gasteiger partial charge >= 0.3 is 0 Å². The van der Waals surface area contributed by atoms with Crippen molar-refractivity contribution in [3.63, 3.8) is 0 Å². The molecule has 2 aliphatic rings. The number of piperazine rings is 1. The number of nitrogens with zero attached hydrogens (tertiary/aromatic N) is 4. The van der Waals surface area contributed by atoms with Crippen molar-refractivity contribution in [1.82, 2.24) is 9.88 Å². The molecule has 0 aromatic carbocycles. The van der Waals surface area contributed by atoms with E-state index in [1.165, 1.54) is 12.8 Å². The molecular formula is C13H19N5. The third-order valence-corrected chi connectivity index (χ3v) is 3.44. The van der Waals surface area contributed by atoms with E-state index in [9.17, 15) is 0 Å². The minimum Gasteiger partial charge on any atom is -0.370 e. The Balaban J connectivity index is 1.58. The normalized spacial score (nSPS) is 21.2. The van der Waals surface area contributed by atoms with Crippen LogP contribution in [0.3, 0.4) is 0 Å². The zero-order valence-electron chi connectivity index (χ0n) is 10.5.